The van der Waals surface area contributed by atoms with Crippen LogP contribution in [0.25, 0.3) is 0 Å². The van der Waals surface area contributed by atoms with Crippen molar-refractivity contribution in [3.8, 4) is 0 Å². The second kappa shape index (κ2) is 5.20. The summed E-state index contributed by atoms with van der Waals surface area (Å²) >= 11 is 0. The third-order valence-electron chi connectivity index (χ3n) is 3.43. The van der Waals surface area contributed by atoms with Gasteiger partial charge in [0.2, 0.25) is 0 Å². The Morgan fingerprint density at radius 2 is 2.11 bits per heavy atom. The van der Waals surface area contributed by atoms with E-state index in [2.05, 4.69) is 14.9 Å². The maximum absolute atomic E-state index is 12.4. The largest absolute Gasteiger partial charge is 0.392 e. The number of ether oxygens (including phenoxy) is 1. The lowest BCUT2D eigenvalue weighted by Gasteiger charge is -2.33. The van der Waals surface area contributed by atoms with E-state index in [0.29, 0.717) is 37.3 Å². The molecule has 3 N–H and O–H groups in total. The van der Waals surface area contributed by atoms with Crippen LogP contribution in [-0.4, -0.2) is 42.5 Å². The molecule has 1 aliphatic heterocycles. The van der Waals surface area contributed by atoms with Gasteiger partial charge >= 0.3 is 0 Å². The number of sulfonamides is 1. The van der Waals surface area contributed by atoms with Crippen molar-refractivity contribution in [2.24, 2.45) is 0 Å². The fourth-order valence-corrected chi connectivity index (χ4v) is 3.79. The molecule has 2 heterocycles. The standard InChI is InChI=1S/C11H19N3O4S/c1-8-9(7-15)10(13-12-8)19(16,17)14-11(2)3-5-18-6-4-11/h14-15H,3-7H2,1-2H3,(H,12,13). The summed E-state index contributed by atoms with van der Waals surface area (Å²) in [6.45, 7) is 4.23. The summed E-state index contributed by atoms with van der Waals surface area (Å²) in [6.07, 6.45) is 1.23. The smallest absolute Gasteiger partial charge is 0.260 e. The number of aromatic nitrogens is 2. The lowest BCUT2D eigenvalue weighted by molar-refractivity contribution is 0.0537. The van der Waals surface area contributed by atoms with Crippen molar-refractivity contribution in [1.29, 1.82) is 0 Å². The zero-order valence-corrected chi connectivity index (χ0v) is 11.9. The number of H-pyrrole nitrogens is 1. The Kier molecular flexibility index (Phi) is 3.95. The van der Waals surface area contributed by atoms with Crippen LogP contribution in [0.1, 0.15) is 31.0 Å². The fraction of sp³-hybridized carbons (Fsp3) is 0.727. The van der Waals surface area contributed by atoms with Crippen molar-refractivity contribution in [2.75, 3.05) is 13.2 Å². The molecule has 0 amide bonds. The number of rotatable bonds is 4. The summed E-state index contributed by atoms with van der Waals surface area (Å²) in [4.78, 5) is 0. The van der Waals surface area contributed by atoms with Crippen LogP contribution < -0.4 is 4.72 Å². The summed E-state index contributed by atoms with van der Waals surface area (Å²) in [6, 6.07) is 0. The highest BCUT2D eigenvalue weighted by molar-refractivity contribution is 7.89. The van der Waals surface area contributed by atoms with Crippen LogP contribution in [0.15, 0.2) is 5.03 Å². The third kappa shape index (κ3) is 2.97. The van der Waals surface area contributed by atoms with Gasteiger partial charge in [-0.25, -0.2) is 13.1 Å². The van der Waals surface area contributed by atoms with Gasteiger partial charge in [0.05, 0.1) is 6.61 Å². The maximum Gasteiger partial charge on any atom is 0.260 e. The van der Waals surface area contributed by atoms with Crippen molar-refractivity contribution in [3.05, 3.63) is 11.3 Å². The lowest BCUT2D eigenvalue weighted by Crippen LogP contribution is -2.49. The van der Waals surface area contributed by atoms with E-state index in [0.717, 1.165) is 0 Å². The van der Waals surface area contributed by atoms with E-state index in [-0.39, 0.29) is 11.6 Å². The van der Waals surface area contributed by atoms with E-state index in [4.69, 9.17) is 4.74 Å². The number of nitrogens with zero attached hydrogens (tertiary/aromatic N) is 1. The van der Waals surface area contributed by atoms with Gasteiger partial charge in [0, 0.05) is 30.0 Å². The molecule has 1 fully saturated rings. The molecule has 1 saturated heterocycles. The van der Waals surface area contributed by atoms with Gasteiger partial charge in [-0.1, -0.05) is 0 Å². The predicted molar refractivity (Wildman–Crippen MR) is 68.0 cm³/mol. The molecular weight excluding hydrogens is 270 g/mol. The number of aliphatic hydroxyl groups is 1. The highest BCUT2D eigenvalue weighted by atomic mass is 32.2. The predicted octanol–water partition coefficient (Wildman–Crippen LogP) is 0.0578. The number of aryl methyl sites for hydroxylation is 1. The minimum atomic E-state index is -3.75. The molecule has 1 aliphatic rings. The topological polar surface area (TPSA) is 104 Å². The van der Waals surface area contributed by atoms with Crippen LogP contribution >= 0.6 is 0 Å². The first-order chi connectivity index (χ1) is 8.88. The molecule has 0 bridgehead atoms. The number of aromatic amines is 1. The van der Waals surface area contributed by atoms with Crippen LogP contribution in [0.2, 0.25) is 0 Å². The molecule has 0 aliphatic carbocycles. The average Bonchev–Trinajstić information content (AvgIpc) is 2.70. The SMILES string of the molecule is Cc1[nH]nc(S(=O)(=O)NC2(C)CCOCC2)c1CO. The molecule has 0 spiro atoms. The van der Waals surface area contributed by atoms with Gasteiger partial charge in [-0.2, -0.15) is 5.10 Å². The summed E-state index contributed by atoms with van der Waals surface area (Å²) < 4.78 is 32.6. The second-order valence-electron chi connectivity index (χ2n) is 5.07. The number of nitrogens with one attached hydrogen (secondary N) is 2. The number of hydrogen-bond acceptors (Lipinski definition) is 5. The summed E-state index contributed by atoms with van der Waals surface area (Å²) in [5.74, 6) is 0. The Balaban J connectivity index is 2.27. The van der Waals surface area contributed by atoms with Crippen LogP contribution in [0.3, 0.4) is 0 Å². The van der Waals surface area contributed by atoms with Crippen molar-refractivity contribution >= 4 is 10.0 Å². The Hall–Kier alpha value is -0.960. The first-order valence-electron chi connectivity index (χ1n) is 6.14. The van der Waals surface area contributed by atoms with E-state index in [1.807, 2.05) is 6.92 Å². The molecule has 8 heteroatoms. The van der Waals surface area contributed by atoms with Gasteiger partial charge in [-0.15, -0.1) is 0 Å². The first kappa shape index (κ1) is 14.4. The molecule has 1 aromatic rings. The second-order valence-corrected chi connectivity index (χ2v) is 6.67. The Labute approximate surface area is 112 Å². The van der Waals surface area contributed by atoms with Gasteiger partial charge in [0.1, 0.15) is 0 Å². The molecule has 108 valence electrons. The molecule has 19 heavy (non-hydrogen) atoms. The normalized spacial score (nSPS) is 19.5. The quantitative estimate of drug-likeness (QED) is 0.727. The fourth-order valence-electron chi connectivity index (χ4n) is 2.14. The first-order valence-corrected chi connectivity index (χ1v) is 7.63. The van der Waals surface area contributed by atoms with E-state index in [1.54, 1.807) is 6.92 Å². The van der Waals surface area contributed by atoms with Crippen LogP contribution in [-0.2, 0) is 21.4 Å². The van der Waals surface area contributed by atoms with Crippen molar-refractivity contribution in [2.45, 2.75) is 43.9 Å². The summed E-state index contributed by atoms with van der Waals surface area (Å²) in [5, 5.41) is 15.5. The Bertz CT molecular complexity index is 546. The molecular formula is C11H19N3O4S. The molecule has 2 rings (SSSR count). The number of hydrogen-bond donors (Lipinski definition) is 3. The molecule has 0 saturated carbocycles. The third-order valence-corrected chi connectivity index (χ3v) is 5.03. The highest BCUT2D eigenvalue weighted by Gasteiger charge is 2.34. The minimum absolute atomic E-state index is 0.125. The molecule has 1 aromatic heterocycles. The summed E-state index contributed by atoms with van der Waals surface area (Å²) in [7, 11) is -3.75. The van der Waals surface area contributed by atoms with Gasteiger partial charge in [-0.3, -0.25) is 5.10 Å². The van der Waals surface area contributed by atoms with Gasteiger partial charge in [0.25, 0.3) is 10.0 Å². The van der Waals surface area contributed by atoms with Crippen LogP contribution in [0.4, 0.5) is 0 Å². The van der Waals surface area contributed by atoms with Crippen molar-refractivity contribution in [3.63, 3.8) is 0 Å². The molecule has 0 unspecified atom stereocenters. The maximum atomic E-state index is 12.4. The zero-order valence-electron chi connectivity index (χ0n) is 11.1. The monoisotopic (exact) mass is 289 g/mol. The van der Waals surface area contributed by atoms with Gasteiger partial charge in [-0.05, 0) is 26.7 Å². The van der Waals surface area contributed by atoms with Crippen molar-refractivity contribution < 1.29 is 18.3 Å². The van der Waals surface area contributed by atoms with Crippen LogP contribution in [0, 0.1) is 6.92 Å². The Morgan fingerprint density at radius 1 is 1.47 bits per heavy atom. The van der Waals surface area contributed by atoms with Gasteiger partial charge < -0.3 is 9.84 Å². The molecule has 7 nitrogen and oxygen atoms in total. The average molecular weight is 289 g/mol. The van der Waals surface area contributed by atoms with E-state index >= 15 is 0 Å². The molecule has 0 aromatic carbocycles. The van der Waals surface area contributed by atoms with E-state index in [1.165, 1.54) is 0 Å². The van der Waals surface area contributed by atoms with Crippen LogP contribution in [0.5, 0.6) is 0 Å². The Morgan fingerprint density at radius 3 is 2.68 bits per heavy atom. The minimum Gasteiger partial charge on any atom is -0.392 e. The van der Waals surface area contributed by atoms with E-state index < -0.39 is 15.6 Å². The zero-order chi connectivity index (χ0) is 14.1. The van der Waals surface area contributed by atoms with Gasteiger partial charge in [0.15, 0.2) is 5.03 Å². The highest BCUT2D eigenvalue weighted by Crippen LogP contribution is 2.24. The summed E-state index contributed by atoms with van der Waals surface area (Å²) in [5.41, 5.74) is 0.333. The number of aliphatic hydroxyl groups excluding tert-OH is 1. The molecule has 0 radical (unpaired) electrons. The van der Waals surface area contributed by atoms with Crippen molar-refractivity contribution in [1.82, 2.24) is 14.9 Å². The lowest BCUT2D eigenvalue weighted by atomic mass is 9.94. The molecule has 0 atom stereocenters. The van der Waals surface area contributed by atoms with E-state index in [9.17, 15) is 13.5 Å².